The van der Waals surface area contributed by atoms with Crippen LogP contribution >= 0.6 is 11.8 Å². The van der Waals surface area contributed by atoms with Gasteiger partial charge < -0.3 is 10.6 Å². The van der Waals surface area contributed by atoms with Crippen molar-refractivity contribution in [2.24, 2.45) is 0 Å². The van der Waals surface area contributed by atoms with Crippen molar-refractivity contribution in [3.63, 3.8) is 0 Å². The van der Waals surface area contributed by atoms with E-state index in [0.717, 1.165) is 37.0 Å². The van der Waals surface area contributed by atoms with Gasteiger partial charge in [-0.2, -0.15) is 0 Å². The molecule has 31 heavy (non-hydrogen) atoms. The van der Waals surface area contributed by atoms with E-state index < -0.39 is 11.2 Å². The fraction of sp³-hybridized carbons (Fsp3) is 0.522. The molecule has 0 atom stereocenters. The van der Waals surface area contributed by atoms with Crippen LogP contribution in [0.5, 0.6) is 0 Å². The first-order valence-electron chi connectivity index (χ1n) is 10.9. The maximum atomic E-state index is 13.2. The molecule has 3 N–H and O–H groups in total. The van der Waals surface area contributed by atoms with Crippen LogP contribution in [0.25, 0.3) is 0 Å². The average molecular weight is 447 g/mol. The highest BCUT2D eigenvalue weighted by Crippen LogP contribution is 2.24. The van der Waals surface area contributed by atoms with Crippen LogP contribution in [0.4, 0.5) is 11.5 Å². The quantitative estimate of drug-likeness (QED) is 0.403. The predicted molar refractivity (Wildman–Crippen MR) is 129 cm³/mol. The van der Waals surface area contributed by atoms with E-state index in [-0.39, 0.29) is 23.2 Å². The number of anilines is 2. The van der Waals surface area contributed by atoms with Crippen LogP contribution in [-0.2, 0) is 11.3 Å². The van der Waals surface area contributed by atoms with E-state index >= 15 is 0 Å². The minimum Gasteiger partial charge on any atom is -0.383 e. The summed E-state index contributed by atoms with van der Waals surface area (Å²) in [6.45, 7) is 8.97. The van der Waals surface area contributed by atoms with Gasteiger partial charge in [0, 0.05) is 18.0 Å². The van der Waals surface area contributed by atoms with E-state index in [4.69, 9.17) is 5.73 Å². The summed E-state index contributed by atoms with van der Waals surface area (Å²) in [6.07, 6.45) is 4.31. The molecule has 1 aromatic carbocycles. The number of thioether (sulfide) groups is 1. The lowest BCUT2D eigenvalue weighted by molar-refractivity contribution is -0.116. The van der Waals surface area contributed by atoms with E-state index in [9.17, 15) is 14.4 Å². The Morgan fingerprint density at radius 1 is 1.10 bits per heavy atom. The predicted octanol–water partition coefficient (Wildman–Crippen LogP) is 3.85. The molecular formula is C23H34N4O3S. The third kappa shape index (κ3) is 6.50. The molecule has 0 saturated carbocycles. The Labute approximate surface area is 188 Å². The highest BCUT2D eigenvalue weighted by atomic mass is 32.2. The molecule has 0 aliphatic carbocycles. The number of carbonyl (C=O) groups excluding carboxylic acids is 1. The van der Waals surface area contributed by atoms with Crippen LogP contribution in [0, 0.1) is 13.8 Å². The normalized spacial score (nSPS) is 11.0. The van der Waals surface area contributed by atoms with Crippen molar-refractivity contribution in [3.8, 4) is 0 Å². The zero-order valence-corrected chi connectivity index (χ0v) is 19.8. The van der Waals surface area contributed by atoms with Crippen LogP contribution in [-0.4, -0.2) is 27.8 Å². The van der Waals surface area contributed by atoms with E-state index in [1.54, 1.807) is 0 Å². The number of hydrogen-bond acceptors (Lipinski definition) is 5. The second-order valence-corrected chi connectivity index (χ2v) is 8.83. The topological polar surface area (TPSA) is 101 Å². The number of aromatic nitrogens is 2. The molecule has 0 radical (unpaired) electrons. The molecule has 0 unspecified atom stereocenters. The van der Waals surface area contributed by atoms with Crippen molar-refractivity contribution in [1.29, 1.82) is 0 Å². The van der Waals surface area contributed by atoms with Gasteiger partial charge in [-0.25, -0.2) is 4.79 Å². The molecule has 1 heterocycles. The van der Waals surface area contributed by atoms with Crippen molar-refractivity contribution in [2.75, 3.05) is 22.9 Å². The number of H-pyrrole nitrogens is 1. The fourth-order valence-electron chi connectivity index (χ4n) is 3.28. The smallest absolute Gasteiger partial charge is 0.330 e. The molecule has 0 fully saturated rings. The lowest BCUT2D eigenvalue weighted by Crippen LogP contribution is -2.42. The zero-order valence-electron chi connectivity index (χ0n) is 19.0. The minimum atomic E-state index is -0.615. The summed E-state index contributed by atoms with van der Waals surface area (Å²) in [7, 11) is 0. The number of aromatic amines is 1. The van der Waals surface area contributed by atoms with Gasteiger partial charge in [-0.05, 0) is 49.9 Å². The van der Waals surface area contributed by atoms with Crippen molar-refractivity contribution in [2.45, 2.75) is 71.2 Å². The molecule has 0 aliphatic heterocycles. The molecule has 1 aromatic heterocycles. The first-order valence-corrected chi connectivity index (χ1v) is 11.9. The third-order valence-corrected chi connectivity index (χ3v) is 6.32. The molecule has 1 amide bonds. The van der Waals surface area contributed by atoms with Crippen LogP contribution in [0.15, 0.2) is 32.7 Å². The Kier molecular flexibility index (Phi) is 9.43. The second-order valence-electron chi connectivity index (χ2n) is 7.79. The van der Waals surface area contributed by atoms with E-state index in [1.807, 2.05) is 32.9 Å². The van der Waals surface area contributed by atoms with Gasteiger partial charge in [0.15, 0.2) is 5.69 Å². The minimum absolute atomic E-state index is 0.0585. The molecule has 8 heteroatoms. The van der Waals surface area contributed by atoms with Crippen molar-refractivity contribution < 1.29 is 4.79 Å². The Morgan fingerprint density at radius 3 is 2.45 bits per heavy atom. The number of aryl methyl sites for hydroxylation is 2. The van der Waals surface area contributed by atoms with Crippen molar-refractivity contribution in [1.82, 2.24) is 9.55 Å². The van der Waals surface area contributed by atoms with Crippen LogP contribution in [0.1, 0.15) is 57.1 Å². The largest absolute Gasteiger partial charge is 0.383 e. The highest BCUT2D eigenvalue weighted by Gasteiger charge is 2.24. The van der Waals surface area contributed by atoms with Gasteiger partial charge in [-0.3, -0.25) is 19.1 Å². The van der Waals surface area contributed by atoms with E-state index in [2.05, 4.69) is 18.0 Å². The summed E-state index contributed by atoms with van der Waals surface area (Å²) in [5, 5.41) is 0. The number of nitrogens with zero attached hydrogens (tertiary/aromatic N) is 2. The first-order chi connectivity index (χ1) is 14.8. The summed E-state index contributed by atoms with van der Waals surface area (Å²) in [4.78, 5) is 42.9. The summed E-state index contributed by atoms with van der Waals surface area (Å²) in [5.41, 5.74) is 7.55. The number of nitrogens with one attached hydrogen (secondary N) is 1. The summed E-state index contributed by atoms with van der Waals surface area (Å²) in [6, 6.07) is 6.09. The maximum Gasteiger partial charge on any atom is 0.330 e. The monoisotopic (exact) mass is 446 g/mol. The standard InChI is InChI=1S/C23H34N4O3S/c1-5-7-9-13-26(19(28)15-31-18-11-10-16(3)17(4)14-18)20-21(24)27(12-8-6-2)23(30)25-22(20)29/h10-11,14H,5-9,12-13,15,24H2,1-4H3,(H,25,29,30). The average Bonchev–Trinajstić information content (AvgIpc) is 2.73. The van der Waals surface area contributed by atoms with Crippen LogP contribution in [0.3, 0.4) is 0 Å². The molecule has 0 aliphatic rings. The molecule has 2 rings (SSSR count). The molecule has 170 valence electrons. The van der Waals surface area contributed by atoms with Crippen LogP contribution in [0.2, 0.25) is 0 Å². The van der Waals surface area contributed by atoms with Gasteiger partial charge in [0.25, 0.3) is 5.56 Å². The summed E-state index contributed by atoms with van der Waals surface area (Å²) >= 11 is 1.43. The van der Waals surface area contributed by atoms with Crippen molar-refractivity contribution >= 4 is 29.2 Å². The number of carbonyl (C=O) groups is 1. The van der Waals surface area contributed by atoms with Gasteiger partial charge in [-0.15, -0.1) is 11.8 Å². The Morgan fingerprint density at radius 2 is 1.81 bits per heavy atom. The fourth-order valence-corrected chi connectivity index (χ4v) is 4.15. The number of rotatable bonds is 11. The Hall–Kier alpha value is -2.48. The molecular weight excluding hydrogens is 412 g/mol. The van der Waals surface area contributed by atoms with E-state index in [1.165, 1.54) is 32.4 Å². The lowest BCUT2D eigenvalue weighted by atomic mass is 10.1. The number of unbranched alkanes of at least 4 members (excludes halogenated alkanes) is 3. The third-order valence-electron chi connectivity index (χ3n) is 5.35. The molecule has 0 bridgehead atoms. The van der Waals surface area contributed by atoms with Gasteiger partial charge in [0.1, 0.15) is 5.82 Å². The summed E-state index contributed by atoms with van der Waals surface area (Å²) in [5.74, 6) is 0.0437. The second kappa shape index (κ2) is 11.8. The number of benzene rings is 1. The van der Waals surface area contributed by atoms with Gasteiger partial charge in [-0.1, -0.05) is 39.2 Å². The Bertz CT molecular complexity index is 1010. The number of amides is 1. The summed E-state index contributed by atoms with van der Waals surface area (Å²) < 4.78 is 1.36. The molecule has 7 nitrogen and oxygen atoms in total. The van der Waals surface area contributed by atoms with Crippen LogP contribution < -0.4 is 21.9 Å². The van der Waals surface area contributed by atoms with Gasteiger partial charge in [0.05, 0.1) is 5.75 Å². The number of nitrogen functional groups attached to an aromatic ring is 1. The molecule has 2 aromatic rings. The highest BCUT2D eigenvalue weighted by molar-refractivity contribution is 8.00. The number of nitrogens with two attached hydrogens (primary N) is 1. The van der Waals surface area contributed by atoms with Gasteiger partial charge in [0.2, 0.25) is 5.91 Å². The first kappa shape index (κ1) is 24.8. The maximum absolute atomic E-state index is 13.2. The van der Waals surface area contributed by atoms with Crippen molar-refractivity contribution in [3.05, 3.63) is 50.2 Å². The Balaban J connectivity index is 2.34. The van der Waals surface area contributed by atoms with Gasteiger partial charge >= 0.3 is 5.69 Å². The lowest BCUT2D eigenvalue weighted by Gasteiger charge is -2.24. The SMILES string of the molecule is CCCCCN(C(=O)CSc1ccc(C)c(C)c1)c1c(N)n(CCCC)c(=O)[nH]c1=O. The zero-order chi connectivity index (χ0) is 23.0. The molecule has 0 saturated heterocycles. The van der Waals surface area contributed by atoms with E-state index in [0.29, 0.717) is 13.1 Å². The molecule has 0 spiro atoms. The number of hydrogen-bond donors (Lipinski definition) is 2.